The summed E-state index contributed by atoms with van der Waals surface area (Å²) in [5, 5.41) is 22.8. The molecule has 0 aliphatic carbocycles. The number of nitriles is 1. The molecule has 0 bridgehead atoms. The monoisotopic (exact) mass is 501 g/mol. The van der Waals surface area contributed by atoms with Crippen LogP contribution in [-0.2, 0) is 12.1 Å². The number of rotatable bonds is 3. The second-order valence-electron chi connectivity index (χ2n) is 7.46. The fourth-order valence-electron chi connectivity index (χ4n) is 3.50. The summed E-state index contributed by atoms with van der Waals surface area (Å²) in [6.07, 6.45) is -0.140. The third kappa shape index (κ3) is 4.28. The maximum absolute atomic E-state index is 15.0. The zero-order chi connectivity index (χ0) is 24.6. The normalized spacial score (nSPS) is 16.7. The van der Waals surface area contributed by atoms with Gasteiger partial charge in [0.15, 0.2) is 16.8 Å². The van der Waals surface area contributed by atoms with Gasteiger partial charge >= 0.3 is 6.09 Å². The van der Waals surface area contributed by atoms with Crippen molar-refractivity contribution in [2.45, 2.75) is 19.0 Å². The molecule has 0 fully saturated rings. The lowest BCUT2D eigenvalue weighted by atomic mass is 9.90. The molecule has 4 rings (SSSR count). The number of halogens is 3. The molecule has 3 heterocycles. The highest BCUT2D eigenvalue weighted by atomic mass is 35.5. The summed E-state index contributed by atoms with van der Waals surface area (Å²) in [7, 11) is 0. The van der Waals surface area contributed by atoms with Crippen molar-refractivity contribution in [2.24, 2.45) is 4.99 Å². The van der Waals surface area contributed by atoms with Gasteiger partial charge in [0.25, 0.3) is 5.91 Å². The van der Waals surface area contributed by atoms with Crippen LogP contribution in [0.5, 0.6) is 0 Å². The van der Waals surface area contributed by atoms with Crippen LogP contribution in [0.3, 0.4) is 0 Å². The largest absolute Gasteiger partial charge is 0.465 e. The number of amidine groups is 1. The SMILES string of the molecule is CC1(c2cc(NC(=O)c3ccc(C#N)cn3)ccc2F)Cn2c(nc(Cl)c2Cl)C(NC(=O)O)=N1. The molecule has 2 amide bonds. The van der Waals surface area contributed by atoms with Gasteiger partial charge in [0.05, 0.1) is 12.1 Å². The first-order chi connectivity index (χ1) is 16.1. The van der Waals surface area contributed by atoms with Crippen molar-refractivity contribution in [2.75, 3.05) is 5.32 Å². The number of carbonyl (C=O) groups is 2. The van der Waals surface area contributed by atoms with Gasteiger partial charge in [-0.2, -0.15) is 5.26 Å². The number of hydrogen-bond acceptors (Lipinski definition) is 6. The van der Waals surface area contributed by atoms with E-state index in [0.29, 0.717) is 5.56 Å². The molecule has 1 aliphatic heterocycles. The lowest BCUT2D eigenvalue weighted by Gasteiger charge is -2.32. The number of anilines is 1. The number of nitrogens with one attached hydrogen (secondary N) is 2. The standard InChI is InChI=1S/C21H14Cl2FN7O3/c1-21(9-31-16(23)15(22)28-18(31)17(30-21)29-20(33)34)12-6-11(3-4-13(12)24)27-19(32)14-5-2-10(7-25)8-26-14/h2-6,8H,9H2,1H3,(H,27,32)(H,29,30)(H,33,34). The molecule has 1 atom stereocenters. The highest BCUT2D eigenvalue weighted by molar-refractivity contribution is 6.41. The number of amides is 2. The number of hydrogen-bond donors (Lipinski definition) is 3. The predicted octanol–water partition coefficient (Wildman–Crippen LogP) is 3.79. The average Bonchev–Trinajstić information content (AvgIpc) is 3.08. The van der Waals surface area contributed by atoms with Gasteiger partial charge < -0.3 is 15.0 Å². The van der Waals surface area contributed by atoms with Gasteiger partial charge in [0.1, 0.15) is 28.3 Å². The molecule has 13 heteroatoms. The van der Waals surface area contributed by atoms with Crippen molar-refractivity contribution >= 4 is 46.7 Å². The number of nitrogens with zero attached hydrogens (tertiary/aromatic N) is 5. The van der Waals surface area contributed by atoms with Crippen molar-refractivity contribution in [3.8, 4) is 6.07 Å². The number of imidazole rings is 1. The van der Waals surface area contributed by atoms with Crippen LogP contribution in [0, 0.1) is 17.1 Å². The summed E-state index contributed by atoms with van der Waals surface area (Å²) in [4.78, 5) is 36.2. The molecule has 1 aromatic carbocycles. The van der Waals surface area contributed by atoms with Crippen LogP contribution in [-0.4, -0.2) is 37.5 Å². The van der Waals surface area contributed by atoms with Crippen molar-refractivity contribution in [3.63, 3.8) is 0 Å². The van der Waals surface area contributed by atoms with Crippen LogP contribution in [0.1, 0.15) is 34.4 Å². The van der Waals surface area contributed by atoms with E-state index in [4.69, 9.17) is 28.5 Å². The number of carboxylic acid groups (broad SMARTS) is 1. The maximum atomic E-state index is 15.0. The van der Waals surface area contributed by atoms with E-state index in [-0.39, 0.29) is 45.5 Å². The Labute approximate surface area is 201 Å². The molecule has 0 radical (unpaired) electrons. The van der Waals surface area contributed by atoms with Gasteiger partial charge in [-0.05, 0) is 37.3 Å². The quantitative estimate of drug-likeness (QED) is 0.497. The first-order valence-electron chi connectivity index (χ1n) is 9.60. The Morgan fingerprint density at radius 2 is 2.03 bits per heavy atom. The van der Waals surface area contributed by atoms with Gasteiger partial charge in [0, 0.05) is 17.4 Å². The number of aliphatic imine (C=N–C) groups is 1. The number of carbonyl (C=O) groups excluding carboxylic acids is 1. The second-order valence-corrected chi connectivity index (χ2v) is 8.18. The predicted molar refractivity (Wildman–Crippen MR) is 121 cm³/mol. The van der Waals surface area contributed by atoms with E-state index in [1.54, 1.807) is 6.92 Å². The number of benzene rings is 1. The molecule has 3 N–H and O–H groups in total. The van der Waals surface area contributed by atoms with E-state index in [1.165, 1.54) is 35.0 Å². The fourth-order valence-corrected chi connectivity index (χ4v) is 3.87. The van der Waals surface area contributed by atoms with E-state index in [2.05, 4.69) is 25.6 Å². The molecule has 0 saturated carbocycles. The van der Waals surface area contributed by atoms with Gasteiger partial charge in [0.2, 0.25) is 0 Å². The first-order valence-corrected chi connectivity index (χ1v) is 10.4. The first kappa shape index (κ1) is 23.2. The molecule has 0 saturated heterocycles. The summed E-state index contributed by atoms with van der Waals surface area (Å²) >= 11 is 12.2. The summed E-state index contributed by atoms with van der Waals surface area (Å²) < 4.78 is 16.4. The Bertz CT molecular complexity index is 1400. The number of fused-ring (bicyclic) bond motifs is 1. The van der Waals surface area contributed by atoms with Gasteiger partial charge in [-0.15, -0.1) is 0 Å². The molecule has 34 heavy (non-hydrogen) atoms. The van der Waals surface area contributed by atoms with Crippen molar-refractivity contribution < 1.29 is 19.1 Å². The third-order valence-corrected chi connectivity index (χ3v) is 5.80. The van der Waals surface area contributed by atoms with E-state index in [1.807, 2.05) is 6.07 Å². The Balaban J connectivity index is 1.71. The molecule has 1 aliphatic rings. The van der Waals surface area contributed by atoms with E-state index < -0.39 is 23.4 Å². The summed E-state index contributed by atoms with van der Waals surface area (Å²) in [5.74, 6) is -1.28. The van der Waals surface area contributed by atoms with Gasteiger partial charge in [-0.25, -0.2) is 19.2 Å². The topological polar surface area (TPSA) is 145 Å². The van der Waals surface area contributed by atoms with Crippen LogP contribution in [0.25, 0.3) is 0 Å². The van der Waals surface area contributed by atoms with E-state index in [0.717, 1.165) is 6.07 Å². The number of aromatic nitrogens is 3. The zero-order valence-electron chi connectivity index (χ0n) is 17.3. The van der Waals surface area contributed by atoms with Crippen LogP contribution in [0.4, 0.5) is 14.9 Å². The highest BCUT2D eigenvalue weighted by Gasteiger charge is 2.38. The molecule has 1 unspecified atom stereocenters. The number of pyridine rings is 1. The van der Waals surface area contributed by atoms with Crippen molar-refractivity contribution in [1.29, 1.82) is 5.26 Å². The molecule has 10 nitrogen and oxygen atoms in total. The Morgan fingerprint density at radius 1 is 1.26 bits per heavy atom. The Morgan fingerprint density at radius 3 is 2.68 bits per heavy atom. The van der Waals surface area contributed by atoms with E-state index >= 15 is 0 Å². The maximum Gasteiger partial charge on any atom is 0.410 e. The summed E-state index contributed by atoms with van der Waals surface area (Å²) in [5.41, 5.74) is -0.668. The molecule has 3 aromatic rings. The molecule has 2 aromatic heterocycles. The molecule has 172 valence electrons. The highest BCUT2D eigenvalue weighted by Crippen LogP contribution is 2.37. The lowest BCUT2D eigenvalue weighted by molar-refractivity contribution is 0.102. The average molecular weight is 502 g/mol. The fraction of sp³-hybridized carbons (Fsp3) is 0.143. The summed E-state index contributed by atoms with van der Waals surface area (Å²) in [6, 6.07) is 8.65. The molecule has 0 spiro atoms. The van der Waals surface area contributed by atoms with Crippen LogP contribution in [0.15, 0.2) is 41.5 Å². The second kappa shape index (κ2) is 8.74. The van der Waals surface area contributed by atoms with Gasteiger partial charge in [-0.3, -0.25) is 15.1 Å². The Hall–Kier alpha value is -4.01. The minimum Gasteiger partial charge on any atom is -0.465 e. The van der Waals surface area contributed by atoms with E-state index in [9.17, 15) is 19.1 Å². The van der Waals surface area contributed by atoms with Crippen LogP contribution < -0.4 is 10.6 Å². The molecular weight excluding hydrogens is 488 g/mol. The zero-order valence-corrected chi connectivity index (χ0v) is 18.8. The lowest BCUT2D eigenvalue weighted by Crippen LogP contribution is -2.41. The molecular formula is C21H14Cl2FN7O3. The van der Waals surface area contributed by atoms with Crippen molar-refractivity contribution in [3.05, 3.63) is 75.3 Å². The van der Waals surface area contributed by atoms with Crippen LogP contribution >= 0.6 is 23.2 Å². The Kier molecular flexibility index (Phi) is 5.95. The van der Waals surface area contributed by atoms with Crippen LogP contribution in [0.2, 0.25) is 10.3 Å². The smallest absolute Gasteiger partial charge is 0.410 e. The summed E-state index contributed by atoms with van der Waals surface area (Å²) in [6.45, 7) is 1.58. The van der Waals surface area contributed by atoms with Crippen molar-refractivity contribution in [1.82, 2.24) is 19.9 Å². The van der Waals surface area contributed by atoms with Gasteiger partial charge in [-0.1, -0.05) is 23.2 Å². The minimum absolute atomic E-state index is 0.00279. The third-order valence-electron chi connectivity index (χ3n) is 5.06. The minimum atomic E-state index is -1.40.